The first kappa shape index (κ1) is 23.4. The van der Waals surface area contributed by atoms with Crippen LogP contribution in [0.25, 0.3) is 22.8 Å². The number of hydrogen-bond donors (Lipinski definition) is 2. The fourth-order valence-corrected chi connectivity index (χ4v) is 4.31. The minimum Gasteiger partial charge on any atom is -0.339 e. The predicted molar refractivity (Wildman–Crippen MR) is 133 cm³/mol. The van der Waals surface area contributed by atoms with E-state index in [1.165, 1.54) is 6.08 Å². The van der Waals surface area contributed by atoms with E-state index in [0.717, 1.165) is 12.8 Å². The number of amides is 2. The van der Waals surface area contributed by atoms with Crippen molar-refractivity contribution < 1.29 is 14.1 Å². The molecule has 1 aliphatic heterocycles. The van der Waals surface area contributed by atoms with Crippen molar-refractivity contribution in [3.05, 3.63) is 77.9 Å². The molecule has 36 heavy (non-hydrogen) atoms. The predicted octanol–water partition coefficient (Wildman–Crippen LogP) is 4.32. The van der Waals surface area contributed by atoms with Gasteiger partial charge in [0, 0.05) is 24.8 Å². The van der Waals surface area contributed by atoms with Gasteiger partial charge in [0.25, 0.3) is 5.91 Å². The summed E-state index contributed by atoms with van der Waals surface area (Å²) in [5.41, 5.74) is 2.61. The number of likely N-dealkylation sites (tertiary alicyclic amines) is 1. The Hall–Kier alpha value is -4.31. The summed E-state index contributed by atoms with van der Waals surface area (Å²) in [4.78, 5) is 35.4. The summed E-state index contributed by atoms with van der Waals surface area (Å²) in [5.74, 6) is 0.313. The highest BCUT2D eigenvalue weighted by Crippen LogP contribution is 2.31. The summed E-state index contributed by atoms with van der Waals surface area (Å²) in [5, 5.41) is 13.9. The Labute approximate surface area is 211 Å². The molecule has 1 unspecified atom stereocenters. The number of carbonyl (C=O) groups excluding carboxylic acids is 2. The Balaban J connectivity index is 1.29. The molecule has 1 fully saturated rings. The number of H-pyrrole nitrogens is 1. The summed E-state index contributed by atoms with van der Waals surface area (Å²) < 4.78 is 5.50. The van der Waals surface area contributed by atoms with E-state index in [-0.39, 0.29) is 17.5 Å². The van der Waals surface area contributed by atoms with Crippen molar-refractivity contribution in [1.29, 1.82) is 0 Å². The van der Waals surface area contributed by atoms with E-state index >= 15 is 0 Å². The van der Waals surface area contributed by atoms with Crippen LogP contribution in [0.1, 0.15) is 35.1 Å². The molecular formula is C25H22ClN7O3. The summed E-state index contributed by atoms with van der Waals surface area (Å²) in [6.45, 7) is 4.75. The van der Waals surface area contributed by atoms with Crippen molar-refractivity contribution in [3.8, 4) is 22.8 Å². The van der Waals surface area contributed by atoms with Crippen LogP contribution >= 0.6 is 11.6 Å². The SMILES string of the molecule is C=CC(=O)N1CCCC(c2nc(-c3ccc(NC(=O)c4cccc(-c5ccn[nH]5)n4)c(Cl)c3)no2)C1. The van der Waals surface area contributed by atoms with E-state index in [4.69, 9.17) is 16.1 Å². The summed E-state index contributed by atoms with van der Waals surface area (Å²) in [6.07, 6.45) is 4.63. The largest absolute Gasteiger partial charge is 0.339 e. The van der Waals surface area contributed by atoms with Gasteiger partial charge in [-0.15, -0.1) is 0 Å². The average Bonchev–Trinajstić information content (AvgIpc) is 3.63. The molecule has 1 aromatic carbocycles. The quantitative estimate of drug-likeness (QED) is 0.375. The van der Waals surface area contributed by atoms with Gasteiger partial charge in [0.1, 0.15) is 5.69 Å². The number of hydrogen-bond acceptors (Lipinski definition) is 7. The van der Waals surface area contributed by atoms with Gasteiger partial charge >= 0.3 is 0 Å². The number of carbonyl (C=O) groups is 2. The molecule has 4 aromatic rings. The fourth-order valence-electron chi connectivity index (χ4n) is 4.08. The van der Waals surface area contributed by atoms with Crippen LogP contribution < -0.4 is 5.32 Å². The van der Waals surface area contributed by atoms with Crippen molar-refractivity contribution in [2.75, 3.05) is 18.4 Å². The minimum absolute atomic E-state index is 0.0389. The lowest BCUT2D eigenvalue weighted by molar-refractivity contribution is -0.127. The van der Waals surface area contributed by atoms with E-state index in [2.05, 4.69) is 37.2 Å². The Bertz CT molecular complexity index is 1420. The van der Waals surface area contributed by atoms with Crippen LogP contribution in [-0.2, 0) is 4.79 Å². The van der Waals surface area contributed by atoms with Crippen LogP contribution in [0, 0.1) is 0 Å². The van der Waals surface area contributed by atoms with E-state index in [0.29, 0.717) is 52.5 Å². The maximum absolute atomic E-state index is 12.8. The standard InChI is InChI=1S/C25H22ClN7O3/c1-2-22(34)33-12-4-5-16(14-33)25-30-23(32-36-25)15-8-9-18(17(26)13-15)29-24(35)21-7-3-6-19(28-21)20-10-11-27-31-20/h2-3,6-11,13,16H,1,4-5,12,14H2,(H,27,31)(H,29,35). The molecule has 11 heteroatoms. The second-order valence-electron chi connectivity index (χ2n) is 8.31. The molecule has 182 valence electrons. The van der Waals surface area contributed by atoms with Gasteiger partial charge in [0.05, 0.1) is 28.0 Å². The van der Waals surface area contributed by atoms with Gasteiger partial charge in [-0.1, -0.05) is 29.4 Å². The van der Waals surface area contributed by atoms with Crippen LogP contribution in [0.3, 0.4) is 0 Å². The van der Waals surface area contributed by atoms with Gasteiger partial charge in [-0.25, -0.2) is 4.98 Å². The number of nitrogens with one attached hydrogen (secondary N) is 2. The topological polar surface area (TPSA) is 130 Å². The molecule has 3 aromatic heterocycles. The zero-order valence-electron chi connectivity index (χ0n) is 19.1. The van der Waals surface area contributed by atoms with Gasteiger partial charge < -0.3 is 14.7 Å². The second-order valence-corrected chi connectivity index (χ2v) is 8.72. The third-order valence-electron chi connectivity index (χ3n) is 5.93. The number of benzene rings is 1. The van der Waals surface area contributed by atoms with E-state index in [1.54, 1.807) is 53.6 Å². The molecule has 1 atom stereocenters. The van der Waals surface area contributed by atoms with Crippen LogP contribution in [-0.4, -0.2) is 55.1 Å². The number of pyridine rings is 1. The van der Waals surface area contributed by atoms with Crippen LogP contribution in [0.5, 0.6) is 0 Å². The molecule has 2 amide bonds. The Morgan fingerprint density at radius 2 is 2.11 bits per heavy atom. The fraction of sp³-hybridized carbons (Fsp3) is 0.200. The zero-order chi connectivity index (χ0) is 25.1. The second kappa shape index (κ2) is 10.1. The lowest BCUT2D eigenvalue weighted by Crippen LogP contribution is -2.38. The number of anilines is 1. The minimum atomic E-state index is -0.399. The van der Waals surface area contributed by atoms with Gasteiger partial charge in [-0.2, -0.15) is 10.1 Å². The van der Waals surface area contributed by atoms with Crippen molar-refractivity contribution in [2.45, 2.75) is 18.8 Å². The molecule has 0 aliphatic carbocycles. The zero-order valence-corrected chi connectivity index (χ0v) is 19.9. The number of piperidine rings is 1. The molecule has 4 heterocycles. The smallest absolute Gasteiger partial charge is 0.274 e. The number of halogens is 1. The number of nitrogens with zero attached hydrogens (tertiary/aromatic N) is 5. The lowest BCUT2D eigenvalue weighted by atomic mass is 9.98. The van der Waals surface area contributed by atoms with Crippen LogP contribution in [0.15, 0.2) is 65.8 Å². The Morgan fingerprint density at radius 3 is 2.89 bits per heavy atom. The summed E-state index contributed by atoms with van der Waals surface area (Å²) in [6, 6.07) is 12.0. The first-order valence-electron chi connectivity index (χ1n) is 11.3. The normalized spacial score (nSPS) is 15.5. The number of aromatic nitrogens is 5. The number of aromatic amines is 1. The highest BCUT2D eigenvalue weighted by molar-refractivity contribution is 6.34. The van der Waals surface area contributed by atoms with Crippen LogP contribution in [0.4, 0.5) is 5.69 Å². The summed E-state index contributed by atoms with van der Waals surface area (Å²) >= 11 is 6.46. The van der Waals surface area contributed by atoms with Gasteiger partial charge in [0.2, 0.25) is 17.6 Å². The molecule has 0 spiro atoms. The molecule has 0 radical (unpaired) electrons. The van der Waals surface area contributed by atoms with Crippen LogP contribution in [0.2, 0.25) is 5.02 Å². The molecule has 1 saturated heterocycles. The van der Waals surface area contributed by atoms with E-state index < -0.39 is 5.91 Å². The van der Waals surface area contributed by atoms with Crippen molar-refractivity contribution in [3.63, 3.8) is 0 Å². The van der Waals surface area contributed by atoms with Gasteiger partial charge in [-0.05, 0) is 55.3 Å². The first-order valence-corrected chi connectivity index (χ1v) is 11.7. The Kier molecular flexibility index (Phi) is 6.59. The third-order valence-corrected chi connectivity index (χ3v) is 6.25. The third kappa shape index (κ3) is 4.89. The number of rotatable bonds is 6. The Morgan fingerprint density at radius 1 is 1.22 bits per heavy atom. The van der Waals surface area contributed by atoms with E-state index in [9.17, 15) is 9.59 Å². The monoisotopic (exact) mass is 503 g/mol. The van der Waals surface area contributed by atoms with Crippen molar-refractivity contribution in [1.82, 2.24) is 30.2 Å². The molecule has 10 nitrogen and oxygen atoms in total. The maximum atomic E-state index is 12.8. The molecule has 0 saturated carbocycles. The first-order chi connectivity index (χ1) is 17.5. The summed E-state index contributed by atoms with van der Waals surface area (Å²) in [7, 11) is 0. The molecule has 5 rings (SSSR count). The molecule has 0 bridgehead atoms. The maximum Gasteiger partial charge on any atom is 0.274 e. The highest BCUT2D eigenvalue weighted by Gasteiger charge is 2.28. The lowest BCUT2D eigenvalue weighted by Gasteiger charge is -2.30. The van der Waals surface area contributed by atoms with E-state index in [1.807, 2.05) is 0 Å². The van der Waals surface area contributed by atoms with Gasteiger partial charge in [0.15, 0.2) is 0 Å². The van der Waals surface area contributed by atoms with Gasteiger partial charge in [-0.3, -0.25) is 14.7 Å². The average molecular weight is 504 g/mol. The highest BCUT2D eigenvalue weighted by atomic mass is 35.5. The van der Waals surface area contributed by atoms with Crippen molar-refractivity contribution in [2.24, 2.45) is 0 Å². The van der Waals surface area contributed by atoms with Crippen molar-refractivity contribution >= 4 is 29.1 Å². The molecule has 2 N–H and O–H groups in total. The molecular weight excluding hydrogens is 482 g/mol. The molecule has 1 aliphatic rings.